The van der Waals surface area contributed by atoms with E-state index in [0.29, 0.717) is 0 Å². The lowest BCUT2D eigenvalue weighted by molar-refractivity contribution is -0.118. The first-order valence-electron chi connectivity index (χ1n) is 5.52. The van der Waals surface area contributed by atoms with Crippen LogP contribution in [-0.2, 0) is 4.79 Å². The van der Waals surface area contributed by atoms with E-state index in [1.165, 1.54) is 0 Å². The van der Waals surface area contributed by atoms with Crippen LogP contribution >= 0.6 is 0 Å². The molecule has 0 radical (unpaired) electrons. The van der Waals surface area contributed by atoms with Gasteiger partial charge < -0.3 is 10.6 Å². The molecule has 16 heavy (non-hydrogen) atoms. The van der Waals surface area contributed by atoms with Crippen molar-refractivity contribution in [3.63, 3.8) is 0 Å². The predicted octanol–water partition coefficient (Wildman–Crippen LogP) is 2.40. The van der Waals surface area contributed by atoms with Gasteiger partial charge >= 0.3 is 0 Å². The lowest BCUT2D eigenvalue weighted by Gasteiger charge is -2.25. The van der Waals surface area contributed by atoms with Gasteiger partial charge in [-0.15, -0.1) is 0 Å². The highest BCUT2D eigenvalue weighted by Crippen LogP contribution is 2.07. The molecule has 0 saturated heterocycles. The van der Waals surface area contributed by atoms with E-state index in [-0.39, 0.29) is 17.5 Å². The number of carbonyl (C=O) groups is 1. The first-order chi connectivity index (χ1) is 7.38. The number of carbonyl (C=O) groups excluding carboxylic acids is 1. The molecule has 0 bridgehead atoms. The second kappa shape index (κ2) is 5.12. The van der Waals surface area contributed by atoms with Gasteiger partial charge in [-0.3, -0.25) is 4.79 Å². The molecule has 88 valence electrons. The third-order valence-corrected chi connectivity index (χ3v) is 2.08. The van der Waals surface area contributed by atoms with Crippen molar-refractivity contribution in [3.8, 4) is 0 Å². The Morgan fingerprint density at radius 3 is 2.25 bits per heavy atom. The maximum Gasteiger partial charge on any atom is 0.241 e. The molecule has 0 aliphatic carbocycles. The molecule has 0 saturated carbocycles. The van der Waals surface area contributed by atoms with Gasteiger partial charge in [0.25, 0.3) is 0 Å². The minimum atomic E-state index is -0.208. The monoisotopic (exact) mass is 220 g/mol. The molecule has 1 amide bonds. The Labute approximate surface area is 97.2 Å². The Kier molecular flexibility index (Phi) is 4.07. The SMILES string of the molecule is C[C@@H](NC(C)(C)C)C(=O)Nc1ccccc1. The van der Waals surface area contributed by atoms with E-state index in [0.717, 1.165) is 5.69 Å². The van der Waals surface area contributed by atoms with Crippen LogP contribution in [0.25, 0.3) is 0 Å². The van der Waals surface area contributed by atoms with Crippen LogP contribution in [0.1, 0.15) is 27.7 Å². The van der Waals surface area contributed by atoms with E-state index in [1.807, 2.05) is 58.0 Å². The summed E-state index contributed by atoms with van der Waals surface area (Å²) in [5, 5.41) is 6.09. The molecule has 1 rings (SSSR count). The maximum absolute atomic E-state index is 11.8. The minimum Gasteiger partial charge on any atom is -0.325 e. The molecule has 0 spiro atoms. The van der Waals surface area contributed by atoms with Gasteiger partial charge in [0.2, 0.25) is 5.91 Å². The predicted molar refractivity (Wildman–Crippen MR) is 67.4 cm³/mol. The lowest BCUT2D eigenvalue weighted by Crippen LogP contribution is -2.47. The van der Waals surface area contributed by atoms with E-state index in [1.54, 1.807) is 0 Å². The smallest absolute Gasteiger partial charge is 0.241 e. The van der Waals surface area contributed by atoms with Gasteiger partial charge in [-0.1, -0.05) is 18.2 Å². The van der Waals surface area contributed by atoms with Gasteiger partial charge in [-0.25, -0.2) is 0 Å². The third-order valence-electron chi connectivity index (χ3n) is 2.08. The van der Waals surface area contributed by atoms with E-state index < -0.39 is 0 Å². The molecular formula is C13H20N2O. The standard InChI is InChI=1S/C13H20N2O/c1-10(15-13(2,3)4)12(16)14-11-8-6-5-7-9-11/h5-10,15H,1-4H3,(H,14,16)/t10-/m1/s1. The van der Waals surface area contributed by atoms with E-state index in [2.05, 4.69) is 10.6 Å². The number of benzene rings is 1. The molecule has 0 heterocycles. The Bertz CT molecular complexity index is 341. The fourth-order valence-electron chi connectivity index (χ4n) is 1.49. The van der Waals surface area contributed by atoms with Gasteiger partial charge in [-0.2, -0.15) is 0 Å². The largest absolute Gasteiger partial charge is 0.325 e. The van der Waals surface area contributed by atoms with Crippen molar-refractivity contribution >= 4 is 11.6 Å². The zero-order valence-electron chi connectivity index (χ0n) is 10.4. The molecule has 1 aromatic carbocycles. The van der Waals surface area contributed by atoms with E-state index >= 15 is 0 Å². The van der Waals surface area contributed by atoms with Gasteiger partial charge in [0.05, 0.1) is 6.04 Å². The van der Waals surface area contributed by atoms with Crippen LogP contribution in [0.15, 0.2) is 30.3 Å². The van der Waals surface area contributed by atoms with Gasteiger partial charge in [0.15, 0.2) is 0 Å². The number of hydrogen-bond donors (Lipinski definition) is 2. The quantitative estimate of drug-likeness (QED) is 0.821. The number of nitrogens with one attached hydrogen (secondary N) is 2. The van der Waals surface area contributed by atoms with Crippen LogP contribution < -0.4 is 10.6 Å². The fraction of sp³-hybridized carbons (Fsp3) is 0.462. The summed E-state index contributed by atoms with van der Waals surface area (Å²) < 4.78 is 0. The molecule has 3 nitrogen and oxygen atoms in total. The number of rotatable bonds is 3. The van der Waals surface area contributed by atoms with Crippen LogP contribution in [0.4, 0.5) is 5.69 Å². The summed E-state index contributed by atoms with van der Waals surface area (Å²) in [6, 6.07) is 9.27. The summed E-state index contributed by atoms with van der Waals surface area (Å²) in [4.78, 5) is 11.8. The summed E-state index contributed by atoms with van der Waals surface area (Å²) in [5.74, 6) is -0.0128. The Morgan fingerprint density at radius 2 is 1.75 bits per heavy atom. The average molecular weight is 220 g/mol. The molecule has 0 unspecified atom stereocenters. The van der Waals surface area contributed by atoms with Crippen molar-refractivity contribution in [2.45, 2.75) is 39.3 Å². The minimum absolute atomic E-state index is 0.0128. The molecule has 0 aliphatic rings. The zero-order chi connectivity index (χ0) is 12.2. The molecule has 0 aliphatic heterocycles. The highest BCUT2D eigenvalue weighted by atomic mass is 16.2. The van der Waals surface area contributed by atoms with Crippen LogP contribution in [-0.4, -0.2) is 17.5 Å². The summed E-state index contributed by atoms with van der Waals surface area (Å²) in [5.41, 5.74) is 0.767. The van der Waals surface area contributed by atoms with Crippen molar-refractivity contribution in [2.24, 2.45) is 0 Å². The van der Waals surface area contributed by atoms with Crippen molar-refractivity contribution < 1.29 is 4.79 Å². The number of hydrogen-bond acceptors (Lipinski definition) is 2. The van der Waals surface area contributed by atoms with Gasteiger partial charge in [-0.05, 0) is 39.8 Å². The van der Waals surface area contributed by atoms with Crippen molar-refractivity contribution in [1.29, 1.82) is 0 Å². The Hall–Kier alpha value is -1.35. The zero-order valence-corrected chi connectivity index (χ0v) is 10.4. The van der Waals surface area contributed by atoms with Crippen molar-refractivity contribution in [1.82, 2.24) is 5.32 Å². The first-order valence-corrected chi connectivity index (χ1v) is 5.52. The van der Waals surface area contributed by atoms with Crippen LogP contribution in [0, 0.1) is 0 Å². The fourth-order valence-corrected chi connectivity index (χ4v) is 1.49. The Morgan fingerprint density at radius 1 is 1.19 bits per heavy atom. The molecule has 3 heteroatoms. The van der Waals surface area contributed by atoms with Crippen molar-refractivity contribution in [2.75, 3.05) is 5.32 Å². The topological polar surface area (TPSA) is 41.1 Å². The molecule has 2 N–H and O–H groups in total. The highest BCUT2D eigenvalue weighted by molar-refractivity contribution is 5.94. The van der Waals surface area contributed by atoms with Gasteiger partial charge in [0, 0.05) is 11.2 Å². The second-order valence-electron chi connectivity index (χ2n) is 4.97. The molecule has 0 aromatic heterocycles. The molecule has 1 aromatic rings. The van der Waals surface area contributed by atoms with E-state index in [4.69, 9.17) is 0 Å². The first kappa shape index (κ1) is 12.7. The number of anilines is 1. The molecule has 1 atom stereocenters. The lowest BCUT2D eigenvalue weighted by atomic mass is 10.1. The number of amides is 1. The van der Waals surface area contributed by atoms with Crippen LogP contribution in [0.2, 0.25) is 0 Å². The highest BCUT2D eigenvalue weighted by Gasteiger charge is 2.19. The summed E-state index contributed by atoms with van der Waals surface area (Å²) >= 11 is 0. The van der Waals surface area contributed by atoms with Crippen molar-refractivity contribution in [3.05, 3.63) is 30.3 Å². The normalized spacial score (nSPS) is 13.2. The van der Waals surface area contributed by atoms with E-state index in [9.17, 15) is 4.79 Å². The summed E-state index contributed by atoms with van der Waals surface area (Å²) in [7, 11) is 0. The molecule has 0 fully saturated rings. The van der Waals surface area contributed by atoms with Crippen LogP contribution in [0.3, 0.4) is 0 Å². The summed E-state index contributed by atoms with van der Waals surface area (Å²) in [6.45, 7) is 7.99. The van der Waals surface area contributed by atoms with Gasteiger partial charge in [0.1, 0.15) is 0 Å². The third kappa shape index (κ3) is 4.45. The Balaban J connectivity index is 2.53. The second-order valence-corrected chi connectivity index (χ2v) is 4.97. The number of para-hydroxylation sites is 1. The molecular weight excluding hydrogens is 200 g/mol. The maximum atomic E-state index is 11.8. The summed E-state index contributed by atoms with van der Waals surface area (Å²) in [6.07, 6.45) is 0. The van der Waals surface area contributed by atoms with Crippen LogP contribution in [0.5, 0.6) is 0 Å². The average Bonchev–Trinajstić information content (AvgIpc) is 2.16.